The number of thioether (sulfide) groups is 1. The Kier molecular flexibility index (Phi) is 6.15. The summed E-state index contributed by atoms with van der Waals surface area (Å²) in [5.74, 6) is 3.13. The van der Waals surface area contributed by atoms with Gasteiger partial charge in [-0.25, -0.2) is 0 Å². The van der Waals surface area contributed by atoms with Crippen molar-refractivity contribution in [2.75, 3.05) is 5.75 Å². The maximum atomic E-state index is 12.0. The third-order valence-corrected chi connectivity index (χ3v) is 5.26. The van der Waals surface area contributed by atoms with E-state index in [4.69, 9.17) is 11.6 Å². The van der Waals surface area contributed by atoms with Crippen molar-refractivity contribution in [3.8, 4) is 0 Å². The first kappa shape index (κ1) is 17.3. The largest absolute Gasteiger partial charge is 0.348 e. The lowest BCUT2D eigenvalue weighted by molar-refractivity contribution is -0.118. The van der Waals surface area contributed by atoms with Gasteiger partial charge in [-0.1, -0.05) is 30.2 Å². The maximum Gasteiger partial charge on any atom is 0.230 e. The molecule has 2 aromatic rings. The number of fused-ring (bicyclic) bond motifs is 1. The molecule has 1 aliphatic heterocycles. The average Bonchev–Trinajstić information content (AvgIpc) is 2.80. The molecule has 0 unspecified atom stereocenters. The lowest BCUT2D eigenvalue weighted by atomic mass is 10.2. The molecule has 5 nitrogen and oxygen atoms in total. The minimum absolute atomic E-state index is 0.0213. The van der Waals surface area contributed by atoms with Gasteiger partial charge in [0.2, 0.25) is 5.91 Å². The van der Waals surface area contributed by atoms with Gasteiger partial charge in [-0.2, -0.15) is 0 Å². The monoisotopic (exact) mass is 364 g/mol. The number of amides is 1. The van der Waals surface area contributed by atoms with Crippen molar-refractivity contribution < 1.29 is 4.79 Å². The van der Waals surface area contributed by atoms with E-state index in [1.54, 1.807) is 11.8 Å². The van der Waals surface area contributed by atoms with Crippen LogP contribution in [0.15, 0.2) is 24.3 Å². The lowest BCUT2D eigenvalue weighted by Crippen LogP contribution is -2.26. The number of nitrogens with zero attached hydrogens (tertiary/aromatic N) is 3. The highest BCUT2D eigenvalue weighted by Gasteiger charge is 2.15. The molecular formula is C17H21ClN4OS. The Morgan fingerprint density at radius 2 is 2.21 bits per heavy atom. The van der Waals surface area contributed by atoms with Crippen LogP contribution in [-0.2, 0) is 30.1 Å². The molecule has 3 rings (SSSR count). The van der Waals surface area contributed by atoms with E-state index in [9.17, 15) is 4.79 Å². The number of aromatic nitrogens is 3. The van der Waals surface area contributed by atoms with E-state index >= 15 is 0 Å². The molecule has 0 bridgehead atoms. The molecule has 24 heavy (non-hydrogen) atoms. The number of benzene rings is 1. The first-order valence-electron chi connectivity index (χ1n) is 8.22. The Hall–Kier alpha value is -1.53. The Morgan fingerprint density at radius 3 is 3.08 bits per heavy atom. The highest BCUT2D eigenvalue weighted by atomic mass is 35.5. The Balaban J connectivity index is 1.43. The van der Waals surface area contributed by atoms with Crippen LogP contribution in [0.4, 0.5) is 0 Å². The van der Waals surface area contributed by atoms with Crippen molar-refractivity contribution in [2.24, 2.45) is 0 Å². The van der Waals surface area contributed by atoms with Crippen LogP contribution in [0.2, 0.25) is 5.02 Å². The summed E-state index contributed by atoms with van der Waals surface area (Å²) in [5, 5.41) is 12.1. The zero-order valence-corrected chi connectivity index (χ0v) is 15.1. The third-order valence-electron chi connectivity index (χ3n) is 4.02. The molecule has 2 heterocycles. The minimum Gasteiger partial charge on any atom is -0.348 e. The zero-order valence-electron chi connectivity index (χ0n) is 13.5. The van der Waals surface area contributed by atoms with Crippen LogP contribution < -0.4 is 5.32 Å². The molecule has 0 spiro atoms. The predicted octanol–water partition coefficient (Wildman–Crippen LogP) is 3.21. The normalized spacial score (nSPS) is 14.0. The van der Waals surface area contributed by atoms with Gasteiger partial charge >= 0.3 is 0 Å². The molecule has 128 valence electrons. The number of carbonyl (C=O) groups is 1. The predicted molar refractivity (Wildman–Crippen MR) is 97.0 cm³/mol. The Morgan fingerprint density at radius 1 is 1.29 bits per heavy atom. The summed E-state index contributed by atoms with van der Waals surface area (Å²) in [7, 11) is 0. The number of rotatable bonds is 6. The smallest absolute Gasteiger partial charge is 0.230 e. The van der Waals surface area contributed by atoms with Gasteiger partial charge in [0.15, 0.2) is 5.82 Å². The van der Waals surface area contributed by atoms with Crippen LogP contribution in [0.1, 0.15) is 36.5 Å². The fourth-order valence-electron chi connectivity index (χ4n) is 2.79. The minimum atomic E-state index is 0.0213. The highest BCUT2D eigenvalue weighted by molar-refractivity contribution is 7.99. The summed E-state index contributed by atoms with van der Waals surface area (Å²) in [6.07, 6.45) is 4.54. The molecule has 0 fully saturated rings. The van der Waals surface area contributed by atoms with Gasteiger partial charge < -0.3 is 9.88 Å². The number of hydrogen-bond donors (Lipinski definition) is 1. The van der Waals surface area contributed by atoms with Crippen LogP contribution >= 0.6 is 23.4 Å². The number of nitrogens with one attached hydrogen (secondary N) is 1. The molecule has 0 aliphatic carbocycles. The molecule has 1 aromatic heterocycles. The van der Waals surface area contributed by atoms with Crippen molar-refractivity contribution in [1.82, 2.24) is 20.1 Å². The molecule has 1 amide bonds. The standard InChI is InChI=1S/C17H21ClN4OS/c18-14-6-4-5-13(9-14)11-24-12-17(23)19-10-16-21-20-15-7-2-1-3-8-22(15)16/h4-6,9H,1-3,7-8,10-12H2,(H,19,23). The number of hydrogen-bond acceptors (Lipinski definition) is 4. The van der Waals surface area contributed by atoms with Crippen molar-refractivity contribution in [1.29, 1.82) is 0 Å². The van der Waals surface area contributed by atoms with Gasteiger partial charge in [0.1, 0.15) is 5.82 Å². The van der Waals surface area contributed by atoms with Gasteiger partial charge in [0.25, 0.3) is 0 Å². The van der Waals surface area contributed by atoms with Crippen molar-refractivity contribution >= 4 is 29.3 Å². The molecule has 1 aliphatic rings. The fraction of sp³-hybridized carbons (Fsp3) is 0.471. The van der Waals surface area contributed by atoms with Crippen LogP contribution in [-0.4, -0.2) is 26.4 Å². The second-order valence-corrected chi connectivity index (χ2v) is 7.32. The van der Waals surface area contributed by atoms with Crippen molar-refractivity contribution in [3.05, 3.63) is 46.5 Å². The summed E-state index contributed by atoms with van der Waals surface area (Å²) in [6.45, 7) is 1.40. The van der Waals surface area contributed by atoms with E-state index in [1.165, 1.54) is 12.8 Å². The molecule has 0 radical (unpaired) electrons. The summed E-state index contributed by atoms with van der Waals surface area (Å²) in [6, 6.07) is 7.72. The molecule has 0 saturated carbocycles. The summed E-state index contributed by atoms with van der Waals surface area (Å²) >= 11 is 7.54. The van der Waals surface area contributed by atoms with E-state index in [2.05, 4.69) is 20.1 Å². The van der Waals surface area contributed by atoms with Crippen LogP contribution in [0.25, 0.3) is 0 Å². The molecule has 7 heteroatoms. The van der Waals surface area contributed by atoms with Gasteiger partial charge in [-0.05, 0) is 30.5 Å². The Bertz CT molecular complexity index is 704. The van der Waals surface area contributed by atoms with E-state index < -0.39 is 0 Å². The van der Waals surface area contributed by atoms with Gasteiger partial charge in [0, 0.05) is 23.7 Å². The van der Waals surface area contributed by atoms with E-state index in [1.807, 2.05) is 24.3 Å². The van der Waals surface area contributed by atoms with E-state index in [-0.39, 0.29) is 5.91 Å². The highest BCUT2D eigenvalue weighted by Crippen LogP contribution is 2.17. The number of aryl methyl sites for hydroxylation is 1. The quantitative estimate of drug-likeness (QED) is 0.855. The third kappa shape index (κ3) is 4.74. The van der Waals surface area contributed by atoms with Gasteiger partial charge in [-0.15, -0.1) is 22.0 Å². The maximum absolute atomic E-state index is 12.0. The second-order valence-electron chi connectivity index (χ2n) is 5.89. The topological polar surface area (TPSA) is 59.8 Å². The summed E-state index contributed by atoms with van der Waals surface area (Å²) < 4.78 is 2.16. The molecular weight excluding hydrogens is 344 g/mol. The van der Waals surface area contributed by atoms with E-state index in [0.29, 0.717) is 12.3 Å². The molecule has 1 N–H and O–H groups in total. The zero-order chi connectivity index (χ0) is 16.8. The molecule has 0 atom stereocenters. The Labute approximate surface area is 151 Å². The summed E-state index contributed by atoms with van der Waals surface area (Å²) in [4.78, 5) is 12.0. The SMILES string of the molecule is O=C(CSCc1cccc(Cl)c1)NCc1nnc2n1CCCCC2. The lowest BCUT2D eigenvalue weighted by Gasteiger charge is -2.08. The van der Waals surface area contributed by atoms with Crippen LogP contribution in [0.3, 0.4) is 0 Å². The average molecular weight is 365 g/mol. The van der Waals surface area contributed by atoms with Gasteiger partial charge in [-0.3, -0.25) is 4.79 Å². The second kappa shape index (κ2) is 8.53. The first-order chi connectivity index (χ1) is 11.7. The number of halogens is 1. The van der Waals surface area contributed by atoms with Crippen LogP contribution in [0.5, 0.6) is 0 Å². The van der Waals surface area contributed by atoms with Crippen molar-refractivity contribution in [2.45, 2.75) is 44.5 Å². The first-order valence-corrected chi connectivity index (χ1v) is 9.75. The molecule has 0 saturated heterocycles. The number of carbonyl (C=O) groups excluding carboxylic acids is 1. The molecule has 1 aromatic carbocycles. The van der Waals surface area contributed by atoms with Crippen molar-refractivity contribution in [3.63, 3.8) is 0 Å². The fourth-order valence-corrected chi connectivity index (χ4v) is 3.81. The van der Waals surface area contributed by atoms with Crippen LogP contribution in [0, 0.1) is 0 Å². The van der Waals surface area contributed by atoms with Gasteiger partial charge in [0.05, 0.1) is 12.3 Å². The summed E-state index contributed by atoms with van der Waals surface area (Å²) in [5.41, 5.74) is 1.13. The van der Waals surface area contributed by atoms with E-state index in [0.717, 1.165) is 47.4 Å².